The smallest absolute Gasteiger partial charge is 0.145 e. The Hall–Kier alpha value is -1.20. The van der Waals surface area contributed by atoms with Crippen molar-refractivity contribution in [2.75, 3.05) is 25.0 Å². The summed E-state index contributed by atoms with van der Waals surface area (Å²) in [5, 5.41) is 1.15. The Labute approximate surface area is 92.9 Å². The number of aromatic nitrogens is 2. The number of likely N-dealkylation sites (N-methyl/N-ethyl adjacent to an activating group) is 1. The second-order valence-corrected chi connectivity index (χ2v) is 4.24. The topological polar surface area (TPSA) is 55.0 Å². The second kappa shape index (κ2) is 4.12. The largest absolute Gasteiger partial charge is 0.373 e. The van der Waals surface area contributed by atoms with E-state index >= 15 is 0 Å². The number of pyridine rings is 1. The first-order valence-electron chi connectivity index (χ1n) is 4.86. The molecule has 0 aliphatic heterocycles. The minimum absolute atomic E-state index is 0.650. The fourth-order valence-electron chi connectivity index (χ4n) is 1.63. The van der Waals surface area contributed by atoms with E-state index in [-0.39, 0.29) is 0 Å². The van der Waals surface area contributed by atoms with E-state index in [9.17, 15) is 0 Å². The van der Waals surface area contributed by atoms with Gasteiger partial charge < -0.3 is 10.6 Å². The van der Waals surface area contributed by atoms with Crippen molar-refractivity contribution in [3.05, 3.63) is 18.0 Å². The zero-order chi connectivity index (χ0) is 10.8. The van der Waals surface area contributed by atoms with Crippen molar-refractivity contribution in [3.63, 3.8) is 0 Å². The predicted octanol–water partition coefficient (Wildman–Crippen LogP) is 1.39. The van der Waals surface area contributed by atoms with Crippen LogP contribution in [0.4, 0.5) is 5.69 Å². The van der Waals surface area contributed by atoms with Crippen molar-refractivity contribution in [3.8, 4) is 0 Å². The van der Waals surface area contributed by atoms with Gasteiger partial charge in [-0.25, -0.2) is 4.98 Å². The maximum absolute atomic E-state index is 5.55. The summed E-state index contributed by atoms with van der Waals surface area (Å²) < 4.78 is 4.32. The fourth-order valence-corrected chi connectivity index (χ4v) is 2.40. The molecule has 2 heterocycles. The molecule has 0 bridgehead atoms. The summed E-state index contributed by atoms with van der Waals surface area (Å²) in [5.74, 6) is 0. The standard InChI is InChI=1S/C10H14N4S/c1-7-9-8(14(2)6-4-11)3-5-12-10(9)15-13-7/h3,5H,4,6,11H2,1-2H3. The number of aryl methyl sites for hydroxylation is 1. The van der Waals surface area contributed by atoms with Gasteiger partial charge in [0, 0.05) is 26.3 Å². The molecule has 0 unspecified atom stereocenters. The summed E-state index contributed by atoms with van der Waals surface area (Å²) >= 11 is 1.44. The van der Waals surface area contributed by atoms with Crippen molar-refractivity contribution in [2.24, 2.45) is 5.73 Å². The van der Waals surface area contributed by atoms with Crippen LogP contribution in [-0.4, -0.2) is 29.5 Å². The number of rotatable bonds is 3. The molecule has 2 rings (SSSR count). The highest BCUT2D eigenvalue weighted by atomic mass is 32.1. The van der Waals surface area contributed by atoms with E-state index < -0.39 is 0 Å². The average molecular weight is 222 g/mol. The summed E-state index contributed by atoms with van der Waals surface area (Å²) in [7, 11) is 2.04. The fraction of sp³-hybridized carbons (Fsp3) is 0.400. The molecule has 2 N–H and O–H groups in total. The third-order valence-electron chi connectivity index (χ3n) is 2.40. The van der Waals surface area contributed by atoms with Gasteiger partial charge in [-0.3, -0.25) is 0 Å². The van der Waals surface area contributed by atoms with Crippen molar-refractivity contribution < 1.29 is 0 Å². The summed E-state index contributed by atoms with van der Waals surface area (Å²) in [4.78, 5) is 7.44. The highest BCUT2D eigenvalue weighted by molar-refractivity contribution is 7.13. The van der Waals surface area contributed by atoms with E-state index in [1.807, 2.05) is 26.2 Å². The molecule has 5 heteroatoms. The van der Waals surface area contributed by atoms with Crippen LogP contribution in [0.5, 0.6) is 0 Å². The first-order chi connectivity index (χ1) is 7.24. The highest BCUT2D eigenvalue weighted by Crippen LogP contribution is 2.29. The monoisotopic (exact) mass is 222 g/mol. The molecule has 0 atom stereocenters. The maximum atomic E-state index is 5.55. The maximum Gasteiger partial charge on any atom is 0.145 e. The molecule has 80 valence electrons. The van der Waals surface area contributed by atoms with Crippen LogP contribution in [0, 0.1) is 6.92 Å². The molecule has 2 aromatic rings. The van der Waals surface area contributed by atoms with Crippen LogP contribution >= 0.6 is 11.5 Å². The second-order valence-electron chi connectivity index (χ2n) is 3.49. The zero-order valence-electron chi connectivity index (χ0n) is 8.90. The highest BCUT2D eigenvalue weighted by Gasteiger charge is 2.10. The third-order valence-corrected chi connectivity index (χ3v) is 3.25. The quantitative estimate of drug-likeness (QED) is 0.852. The van der Waals surface area contributed by atoms with Crippen molar-refractivity contribution in [1.29, 1.82) is 0 Å². The van der Waals surface area contributed by atoms with Crippen LogP contribution in [0.2, 0.25) is 0 Å². The molecular weight excluding hydrogens is 208 g/mol. The minimum Gasteiger partial charge on any atom is -0.373 e. The molecule has 0 saturated heterocycles. The Morgan fingerprint density at radius 3 is 3.07 bits per heavy atom. The van der Waals surface area contributed by atoms with Gasteiger partial charge in [-0.15, -0.1) is 0 Å². The van der Waals surface area contributed by atoms with Crippen LogP contribution < -0.4 is 10.6 Å². The first kappa shape index (κ1) is 10.3. The van der Waals surface area contributed by atoms with Crippen LogP contribution in [0.25, 0.3) is 10.2 Å². The SMILES string of the molecule is Cc1nsc2nccc(N(C)CCN)c12. The lowest BCUT2D eigenvalue weighted by Gasteiger charge is -2.18. The van der Waals surface area contributed by atoms with Gasteiger partial charge in [0.2, 0.25) is 0 Å². The van der Waals surface area contributed by atoms with Crippen LogP contribution in [0.1, 0.15) is 5.69 Å². The number of hydrogen-bond donors (Lipinski definition) is 1. The number of anilines is 1. The van der Waals surface area contributed by atoms with Gasteiger partial charge in [-0.05, 0) is 24.5 Å². The lowest BCUT2D eigenvalue weighted by molar-refractivity contribution is 0.888. The molecule has 4 nitrogen and oxygen atoms in total. The Morgan fingerprint density at radius 1 is 1.53 bits per heavy atom. The van der Waals surface area contributed by atoms with Crippen LogP contribution in [0.15, 0.2) is 12.3 Å². The Balaban J connectivity index is 2.54. The summed E-state index contributed by atoms with van der Waals surface area (Å²) in [6.45, 7) is 3.51. The molecule has 0 saturated carbocycles. The van der Waals surface area contributed by atoms with Crippen molar-refractivity contribution >= 4 is 27.4 Å². The Bertz CT molecular complexity index is 465. The van der Waals surface area contributed by atoms with Gasteiger partial charge in [0.1, 0.15) is 4.83 Å². The van der Waals surface area contributed by atoms with Gasteiger partial charge in [-0.2, -0.15) is 4.37 Å². The van der Waals surface area contributed by atoms with Crippen LogP contribution in [-0.2, 0) is 0 Å². The lowest BCUT2D eigenvalue weighted by Crippen LogP contribution is -2.25. The molecule has 0 aromatic carbocycles. The molecular formula is C10H14N4S. The number of hydrogen-bond acceptors (Lipinski definition) is 5. The normalized spacial score (nSPS) is 10.9. The number of nitrogens with two attached hydrogens (primary N) is 1. The summed E-state index contributed by atoms with van der Waals surface area (Å²) in [6, 6.07) is 2.01. The van der Waals surface area contributed by atoms with Crippen LogP contribution in [0.3, 0.4) is 0 Å². The van der Waals surface area contributed by atoms with Gasteiger partial charge in [0.25, 0.3) is 0 Å². The third kappa shape index (κ3) is 1.80. The van der Waals surface area contributed by atoms with E-state index in [0.717, 1.165) is 28.1 Å². The van der Waals surface area contributed by atoms with Crippen molar-refractivity contribution in [2.45, 2.75) is 6.92 Å². The summed E-state index contributed by atoms with van der Waals surface area (Å²) in [6.07, 6.45) is 1.82. The van der Waals surface area contributed by atoms with Gasteiger partial charge >= 0.3 is 0 Å². The lowest BCUT2D eigenvalue weighted by atomic mass is 10.2. The average Bonchev–Trinajstić information content (AvgIpc) is 2.61. The predicted molar refractivity (Wildman–Crippen MR) is 64.5 cm³/mol. The van der Waals surface area contributed by atoms with Gasteiger partial charge in [0.15, 0.2) is 0 Å². The minimum atomic E-state index is 0.650. The van der Waals surface area contributed by atoms with Crippen molar-refractivity contribution in [1.82, 2.24) is 9.36 Å². The van der Waals surface area contributed by atoms with Gasteiger partial charge in [0.05, 0.1) is 16.8 Å². The molecule has 0 aliphatic carbocycles. The van der Waals surface area contributed by atoms with E-state index in [2.05, 4.69) is 14.3 Å². The zero-order valence-corrected chi connectivity index (χ0v) is 9.71. The Kier molecular flexibility index (Phi) is 2.83. The van der Waals surface area contributed by atoms with E-state index in [1.165, 1.54) is 11.5 Å². The van der Waals surface area contributed by atoms with E-state index in [4.69, 9.17) is 5.73 Å². The molecule has 0 radical (unpaired) electrons. The molecule has 0 fully saturated rings. The molecule has 15 heavy (non-hydrogen) atoms. The van der Waals surface area contributed by atoms with E-state index in [0.29, 0.717) is 6.54 Å². The number of nitrogens with zero attached hydrogens (tertiary/aromatic N) is 3. The van der Waals surface area contributed by atoms with Gasteiger partial charge in [-0.1, -0.05) is 0 Å². The first-order valence-corrected chi connectivity index (χ1v) is 5.63. The number of fused-ring (bicyclic) bond motifs is 1. The Morgan fingerprint density at radius 2 is 2.33 bits per heavy atom. The molecule has 0 aliphatic rings. The van der Waals surface area contributed by atoms with E-state index in [1.54, 1.807) is 0 Å². The molecule has 2 aromatic heterocycles. The molecule has 0 spiro atoms. The summed E-state index contributed by atoms with van der Waals surface area (Å²) in [5.41, 5.74) is 7.76. The molecule has 0 amide bonds.